The van der Waals surface area contributed by atoms with Crippen LogP contribution in [0.5, 0.6) is 5.75 Å². The molecule has 0 aliphatic heterocycles. The first kappa shape index (κ1) is 22.6. The second kappa shape index (κ2) is 9.81. The minimum absolute atomic E-state index is 0.321. The Labute approximate surface area is 189 Å². The highest BCUT2D eigenvalue weighted by atomic mass is 35.5. The smallest absolute Gasteiger partial charge is 0.183 e. The second-order valence-electron chi connectivity index (χ2n) is 7.33. The normalized spacial score (nSPS) is 13.2. The second-order valence-corrected chi connectivity index (χ2v) is 9.91. The third-order valence-electron chi connectivity index (χ3n) is 4.85. The molecule has 30 heavy (non-hydrogen) atoms. The third-order valence-corrected chi connectivity index (χ3v) is 7.44. The predicted octanol–water partition coefficient (Wildman–Crippen LogP) is 6.37. The molecule has 2 aromatic carbocycles. The predicted molar refractivity (Wildman–Crippen MR) is 128 cm³/mol. The van der Waals surface area contributed by atoms with Gasteiger partial charge in [-0.25, -0.2) is 9.19 Å². The number of halogens is 1. The van der Waals surface area contributed by atoms with Crippen LogP contribution >= 0.6 is 22.9 Å². The van der Waals surface area contributed by atoms with Gasteiger partial charge in [0.1, 0.15) is 10.6 Å². The molecule has 0 bridgehead atoms. The lowest BCUT2D eigenvalue weighted by Gasteiger charge is -2.16. The van der Waals surface area contributed by atoms with Crippen LogP contribution in [0.25, 0.3) is 10.4 Å². The highest BCUT2D eigenvalue weighted by molar-refractivity contribution is 7.86. The number of ether oxygens (including phenoxy) is 1. The molecule has 0 amide bonds. The molecule has 160 valence electrons. The van der Waals surface area contributed by atoms with E-state index in [0.29, 0.717) is 33.3 Å². The van der Waals surface area contributed by atoms with Crippen molar-refractivity contribution in [3.8, 4) is 16.2 Å². The molecule has 1 heterocycles. The van der Waals surface area contributed by atoms with Crippen LogP contribution < -0.4 is 14.8 Å². The summed E-state index contributed by atoms with van der Waals surface area (Å²) in [6, 6.07) is 13.2. The van der Waals surface area contributed by atoms with Gasteiger partial charge in [0.2, 0.25) is 0 Å². The van der Waals surface area contributed by atoms with Gasteiger partial charge in [0.15, 0.2) is 16.1 Å². The SMILES string of the molecule is COc1ccc(-c2sc(NC(C)C(C)C)nc2C)cc1S(=O)Nc1ccccc1Cl. The molecule has 0 aliphatic carbocycles. The molecule has 8 heteroatoms. The number of benzene rings is 2. The van der Waals surface area contributed by atoms with Crippen molar-refractivity contribution in [2.75, 3.05) is 17.1 Å². The minimum Gasteiger partial charge on any atom is -0.495 e. The Morgan fingerprint density at radius 1 is 1.17 bits per heavy atom. The van der Waals surface area contributed by atoms with Crippen molar-refractivity contribution >= 4 is 44.7 Å². The summed E-state index contributed by atoms with van der Waals surface area (Å²) in [5, 5.41) is 4.86. The largest absolute Gasteiger partial charge is 0.495 e. The first-order valence-electron chi connectivity index (χ1n) is 9.65. The number of thiazole rings is 1. The van der Waals surface area contributed by atoms with E-state index < -0.39 is 11.0 Å². The van der Waals surface area contributed by atoms with E-state index in [9.17, 15) is 4.21 Å². The Morgan fingerprint density at radius 3 is 2.57 bits per heavy atom. The number of rotatable bonds is 8. The molecule has 0 saturated carbocycles. The van der Waals surface area contributed by atoms with Crippen LogP contribution in [-0.2, 0) is 11.0 Å². The van der Waals surface area contributed by atoms with Crippen molar-refractivity contribution < 1.29 is 8.95 Å². The van der Waals surface area contributed by atoms with Crippen LogP contribution in [0, 0.1) is 12.8 Å². The minimum atomic E-state index is -1.55. The van der Waals surface area contributed by atoms with Gasteiger partial charge in [0.05, 0.1) is 28.4 Å². The van der Waals surface area contributed by atoms with Crippen LogP contribution in [0.4, 0.5) is 10.8 Å². The summed E-state index contributed by atoms with van der Waals surface area (Å²) < 4.78 is 21.5. The molecule has 1 aromatic heterocycles. The number of methoxy groups -OCH3 is 1. The zero-order chi connectivity index (χ0) is 21.8. The summed E-state index contributed by atoms with van der Waals surface area (Å²) in [5.74, 6) is 1.05. The Hall–Kier alpha value is -2.09. The number of aromatic nitrogens is 1. The van der Waals surface area contributed by atoms with Gasteiger partial charge in [-0.1, -0.05) is 48.9 Å². The molecule has 2 unspecified atom stereocenters. The van der Waals surface area contributed by atoms with Gasteiger partial charge >= 0.3 is 0 Å². The van der Waals surface area contributed by atoms with Crippen LogP contribution in [0.1, 0.15) is 26.5 Å². The van der Waals surface area contributed by atoms with Crippen LogP contribution in [0.2, 0.25) is 5.02 Å². The number of hydrogen-bond acceptors (Lipinski definition) is 5. The quantitative estimate of drug-likeness (QED) is 0.407. The Morgan fingerprint density at radius 2 is 1.90 bits per heavy atom. The topological polar surface area (TPSA) is 63.2 Å². The number of para-hydroxylation sites is 1. The van der Waals surface area contributed by atoms with E-state index in [1.54, 1.807) is 30.6 Å². The fourth-order valence-electron chi connectivity index (χ4n) is 2.75. The molecule has 5 nitrogen and oxygen atoms in total. The van der Waals surface area contributed by atoms with Gasteiger partial charge in [-0.05, 0) is 55.7 Å². The maximum Gasteiger partial charge on any atom is 0.183 e. The monoisotopic (exact) mass is 463 g/mol. The van der Waals surface area contributed by atoms with Crippen molar-refractivity contribution in [1.82, 2.24) is 4.98 Å². The first-order chi connectivity index (χ1) is 14.3. The lowest BCUT2D eigenvalue weighted by molar-refractivity contribution is 0.404. The van der Waals surface area contributed by atoms with Crippen molar-refractivity contribution in [3.63, 3.8) is 0 Å². The summed E-state index contributed by atoms with van der Waals surface area (Å²) in [7, 11) is 0.0218. The summed E-state index contributed by atoms with van der Waals surface area (Å²) >= 11 is 7.80. The summed E-state index contributed by atoms with van der Waals surface area (Å²) in [5.41, 5.74) is 2.48. The van der Waals surface area contributed by atoms with Crippen molar-refractivity contribution in [2.45, 2.75) is 38.6 Å². The third kappa shape index (κ3) is 5.14. The van der Waals surface area contributed by atoms with Crippen molar-refractivity contribution in [3.05, 3.63) is 53.2 Å². The van der Waals surface area contributed by atoms with E-state index in [4.69, 9.17) is 16.3 Å². The lowest BCUT2D eigenvalue weighted by atomic mass is 10.1. The molecule has 0 fully saturated rings. The van der Waals surface area contributed by atoms with Gasteiger partial charge in [-0.2, -0.15) is 0 Å². The Kier molecular flexibility index (Phi) is 7.39. The fraction of sp³-hybridized carbons (Fsp3) is 0.318. The molecule has 2 N–H and O–H groups in total. The maximum absolute atomic E-state index is 13.1. The number of nitrogens with zero attached hydrogens (tertiary/aromatic N) is 1. The number of hydrogen-bond donors (Lipinski definition) is 2. The van der Waals surface area contributed by atoms with E-state index >= 15 is 0 Å². The molecule has 2 atom stereocenters. The highest BCUT2D eigenvalue weighted by Gasteiger charge is 2.18. The average molecular weight is 464 g/mol. The van der Waals surface area contributed by atoms with Crippen molar-refractivity contribution in [2.24, 2.45) is 5.92 Å². The molecule has 0 aliphatic rings. The molecule has 0 spiro atoms. The van der Waals surface area contributed by atoms with Crippen LogP contribution in [0.15, 0.2) is 47.4 Å². The standard InChI is InChI=1S/C22H26ClN3O2S2/c1-13(2)14(3)24-22-25-15(4)21(29-22)16-10-11-19(28-5)20(12-16)30(27)26-18-9-7-6-8-17(18)23/h6-14,26H,1-5H3,(H,24,25). The summed E-state index contributed by atoms with van der Waals surface area (Å²) in [4.78, 5) is 6.26. The lowest BCUT2D eigenvalue weighted by Crippen LogP contribution is -2.21. The Balaban J connectivity index is 1.92. The van der Waals surface area contributed by atoms with E-state index in [-0.39, 0.29) is 0 Å². The van der Waals surface area contributed by atoms with Gasteiger partial charge in [0.25, 0.3) is 0 Å². The summed E-state index contributed by atoms with van der Waals surface area (Å²) in [6.07, 6.45) is 0. The zero-order valence-corrected chi connectivity index (χ0v) is 20.0. The molecule has 0 radical (unpaired) electrons. The van der Waals surface area contributed by atoms with Crippen LogP contribution in [0.3, 0.4) is 0 Å². The molecule has 3 aromatic rings. The molecular formula is C22H26ClN3O2S2. The van der Waals surface area contributed by atoms with Crippen molar-refractivity contribution in [1.29, 1.82) is 0 Å². The van der Waals surface area contributed by atoms with Gasteiger partial charge in [-0.15, -0.1) is 0 Å². The number of anilines is 2. The van der Waals surface area contributed by atoms with E-state index in [2.05, 4.69) is 35.8 Å². The van der Waals surface area contributed by atoms with Gasteiger partial charge < -0.3 is 10.1 Å². The summed E-state index contributed by atoms with van der Waals surface area (Å²) in [6.45, 7) is 8.49. The van der Waals surface area contributed by atoms with E-state index in [0.717, 1.165) is 21.3 Å². The van der Waals surface area contributed by atoms with Crippen LogP contribution in [-0.4, -0.2) is 22.3 Å². The highest BCUT2D eigenvalue weighted by Crippen LogP contribution is 2.37. The van der Waals surface area contributed by atoms with E-state index in [1.165, 1.54) is 0 Å². The molecule has 3 rings (SSSR count). The molecular weight excluding hydrogens is 438 g/mol. The number of aryl methyl sites for hydroxylation is 1. The first-order valence-corrected chi connectivity index (χ1v) is 12.0. The zero-order valence-electron chi connectivity index (χ0n) is 17.7. The van der Waals surface area contributed by atoms with Gasteiger partial charge in [-0.3, -0.25) is 4.72 Å². The van der Waals surface area contributed by atoms with E-state index in [1.807, 2.05) is 37.3 Å². The molecule has 0 saturated heterocycles. The van der Waals surface area contributed by atoms with Gasteiger partial charge in [0, 0.05) is 6.04 Å². The maximum atomic E-state index is 13.1. The number of nitrogens with one attached hydrogen (secondary N) is 2. The fourth-order valence-corrected chi connectivity index (χ4v) is 5.10. The Bertz CT molecular complexity index is 1050. The average Bonchev–Trinajstić information content (AvgIpc) is 3.09.